The van der Waals surface area contributed by atoms with E-state index in [4.69, 9.17) is 0 Å². The molecule has 0 radical (unpaired) electrons. The second kappa shape index (κ2) is 6.03. The Morgan fingerprint density at radius 2 is 2.00 bits per heavy atom. The molecule has 1 atom stereocenters. The van der Waals surface area contributed by atoms with Gasteiger partial charge in [-0.3, -0.25) is 9.79 Å². The molecule has 0 aromatic carbocycles. The van der Waals surface area contributed by atoms with Crippen LogP contribution in [0, 0.1) is 0 Å². The van der Waals surface area contributed by atoms with Crippen LogP contribution in [0.25, 0.3) is 0 Å². The van der Waals surface area contributed by atoms with E-state index in [1.54, 1.807) is 0 Å². The summed E-state index contributed by atoms with van der Waals surface area (Å²) in [6.07, 6.45) is 6.94. The number of hydrogen-bond acceptors (Lipinski definition) is 3. The molecule has 1 fully saturated rings. The largest absolute Gasteiger partial charge is 0.362 e. The molecule has 0 aromatic rings. The first-order valence-electron chi connectivity index (χ1n) is 6.86. The van der Waals surface area contributed by atoms with E-state index in [0.717, 1.165) is 44.7 Å². The van der Waals surface area contributed by atoms with Gasteiger partial charge >= 0.3 is 0 Å². The number of rotatable bonds is 2. The number of carbonyl (C=O) groups is 1. The Kier molecular flexibility index (Phi) is 4.40. The van der Waals surface area contributed by atoms with Crippen LogP contribution in [0.5, 0.6) is 0 Å². The normalized spacial score (nSPS) is 22.9. The SMILES string of the molecule is CC(NC1=NCCCC1)C(=O)N1CCCCC1. The Hall–Kier alpha value is -1.06. The van der Waals surface area contributed by atoms with Gasteiger partial charge in [0, 0.05) is 26.1 Å². The number of hydrogen-bond donors (Lipinski definition) is 1. The molecule has 0 spiro atoms. The van der Waals surface area contributed by atoms with Gasteiger partial charge in [-0.2, -0.15) is 0 Å². The van der Waals surface area contributed by atoms with Crippen molar-refractivity contribution in [2.24, 2.45) is 4.99 Å². The first-order valence-corrected chi connectivity index (χ1v) is 6.86. The molecule has 2 heterocycles. The lowest BCUT2D eigenvalue weighted by Gasteiger charge is -2.30. The van der Waals surface area contributed by atoms with Gasteiger partial charge < -0.3 is 10.2 Å². The Labute approximate surface area is 103 Å². The van der Waals surface area contributed by atoms with Crippen LogP contribution in [0.4, 0.5) is 0 Å². The average Bonchev–Trinajstić information content (AvgIpc) is 2.40. The van der Waals surface area contributed by atoms with E-state index in [1.807, 2.05) is 11.8 Å². The van der Waals surface area contributed by atoms with E-state index < -0.39 is 0 Å². The van der Waals surface area contributed by atoms with Crippen molar-refractivity contribution in [3.05, 3.63) is 0 Å². The maximum Gasteiger partial charge on any atom is 0.244 e. The summed E-state index contributed by atoms with van der Waals surface area (Å²) in [6, 6.07) is -0.120. The summed E-state index contributed by atoms with van der Waals surface area (Å²) < 4.78 is 0. The quantitative estimate of drug-likeness (QED) is 0.792. The summed E-state index contributed by atoms with van der Waals surface area (Å²) in [5.74, 6) is 1.26. The van der Waals surface area contributed by atoms with E-state index >= 15 is 0 Å². The summed E-state index contributed by atoms with van der Waals surface area (Å²) in [5.41, 5.74) is 0. The van der Waals surface area contributed by atoms with Crippen LogP contribution in [-0.4, -0.2) is 42.3 Å². The van der Waals surface area contributed by atoms with E-state index in [1.165, 1.54) is 19.3 Å². The number of likely N-dealkylation sites (tertiary alicyclic amines) is 1. The summed E-state index contributed by atoms with van der Waals surface area (Å²) in [5, 5.41) is 3.27. The molecule has 1 unspecified atom stereocenters. The van der Waals surface area contributed by atoms with Gasteiger partial charge in [-0.05, 0) is 39.0 Å². The van der Waals surface area contributed by atoms with Crippen LogP contribution < -0.4 is 5.32 Å². The molecule has 96 valence electrons. The van der Waals surface area contributed by atoms with E-state index in [-0.39, 0.29) is 11.9 Å². The monoisotopic (exact) mass is 237 g/mol. The van der Waals surface area contributed by atoms with Gasteiger partial charge in [-0.15, -0.1) is 0 Å². The first kappa shape index (κ1) is 12.4. The van der Waals surface area contributed by atoms with Crippen molar-refractivity contribution >= 4 is 11.7 Å². The van der Waals surface area contributed by atoms with Crippen molar-refractivity contribution in [2.75, 3.05) is 19.6 Å². The third-order valence-electron chi connectivity index (χ3n) is 3.55. The van der Waals surface area contributed by atoms with Gasteiger partial charge in [0.25, 0.3) is 0 Å². The lowest BCUT2D eigenvalue weighted by molar-refractivity contribution is -0.133. The van der Waals surface area contributed by atoms with Crippen molar-refractivity contribution in [1.82, 2.24) is 10.2 Å². The standard InChI is InChI=1S/C13H23N3O/c1-11(15-12-7-3-4-8-14-12)13(17)16-9-5-2-6-10-16/h11H,2-10H2,1H3,(H,14,15). The fourth-order valence-electron chi connectivity index (χ4n) is 2.51. The summed E-state index contributed by atoms with van der Waals surface area (Å²) in [4.78, 5) is 18.6. The van der Waals surface area contributed by atoms with Crippen molar-refractivity contribution in [3.63, 3.8) is 0 Å². The molecule has 4 heteroatoms. The molecule has 2 rings (SSSR count). The zero-order valence-electron chi connectivity index (χ0n) is 10.7. The molecule has 0 aliphatic carbocycles. The number of nitrogens with one attached hydrogen (secondary N) is 1. The second-order valence-electron chi connectivity index (χ2n) is 5.04. The lowest BCUT2D eigenvalue weighted by Crippen LogP contribution is -2.48. The lowest BCUT2D eigenvalue weighted by atomic mass is 10.1. The van der Waals surface area contributed by atoms with Gasteiger partial charge in [0.05, 0.1) is 5.84 Å². The molecule has 0 bridgehead atoms. The second-order valence-corrected chi connectivity index (χ2v) is 5.04. The minimum absolute atomic E-state index is 0.120. The third-order valence-corrected chi connectivity index (χ3v) is 3.55. The molecular formula is C13H23N3O. The van der Waals surface area contributed by atoms with Crippen molar-refractivity contribution in [1.29, 1.82) is 0 Å². The van der Waals surface area contributed by atoms with E-state index in [0.29, 0.717) is 0 Å². The topological polar surface area (TPSA) is 44.7 Å². The average molecular weight is 237 g/mol. The highest BCUT2D eigenvalue weighted by atomic mass is 16.2. The minimum Gasteiger partial charge on any atom is -0.362 e. The zero-order valence-corrected chi connectivity index (χ0v) is 10.7. The predicted molar refractivity (Wildman–Crippen MR) is 69.2 cm³/mol. The molecule has 4 nitrogen and oxygen atoms in total. The zero-order chi connectivity index (χ0) is 12.1. The van der Waals surface area contributed by atoms with Crippen LogP contribution in [0.3, 0.4) is 0 Å². The van der Waals surface area contributed by atoms with Crippen LogP contribution >= 0.6 is 0 Å². The van der Waals surface area contributed by atoms with Gasteiger partial charge in [0.15, 0.2) is 0 Å². The smallest absolute Gasteiger partial charge is 0.244 e. The summed E-state index contributed by atoms with van der Waals surface area (Å²) >= 11 is 0. The van der Waals surface area contributed by atoms with Gasteiger partial charge in [-0.25, -0.2) is 0 Å². The highest BCUT2D eigenvalue weighted by Gasteiger charge is 2.22. The summed E-state index contributed by atoms with van der Waals surface area (Å²) in [7, 11) is 0. The Bertz CT molecular complexity index is 295. The minimum atomic E-state index is -0.120. The number of piperidine rings is 1. The van der Waals surface area contributed by atoms with Gasteiger partial charge in [-0.1, -0.05) is 0 Å². The van der Waals surface area contributed by atoms with Gasteiger partial charge in [0.1, 0.15) is 6.04 Å². The maximum atomic E-state index is 12.2. The molecule has 0 aromatic heterocycles. The van der Waals surface area contributed by atoms with E-state index in [2.05, 4.69) is 10.3 Å². The van der Waals surface area contributed by atoms with Gasteiger partial charge in [0.2, 0.25) is 5.91 Å². The van der Waals surface area contributed by atoms with Crippen LogP contribution in [0.1, 0.15) is 45.4 Å². The van der Waals surface area contributed by atoms with Crippen LogP contribution in [-0.2, 0) is 4.79 Å². The van der Waals surface area contributed by atoms with Crippen LogP contribution in [0.15, 0.2) is 4.99 Å². The van der Waals surface area contributed by atoms with E-state index in [9.17, 15) is 4.79 Å². The number of amides is 1. The summed E-state index contributed by atoms with van der Waals surface area (Å²) in [6.45, 7) is 4.72. The fraction of sp³-hybridized carbons (Fsp3) is 0.846. The first-order chi connectivity index (χ1) is 8.27. The fourth-order valence-corrected chi connectivity index (χ4v) is 2.51. The molecule has 2 aliphatic heterocycles. The molecule has 0 saturated carbocycles. The molecule has 1 amide bonds. The highest BCUT2D eigenvalue weighted by Crippen LogP contribution is 2.11. The molecule has 17 heavy (non-hydrogen) atoms. The molecule has 2 aliphatic rings. The number of nitrogens with zero attached hydrogens (tertiary/aromatic N) is 2. The molecule has 1 N–H and O–H groups in total. The Morgan fingerprint density at radius 3 is 2.65 bits per heavy atom. The highest BCUT2D eigenvalue weighted by molar-refractivity contribution is 5.90. The maximum absolute atomic E-state index is 12.2. The Morgan fingerprint density at radius 1 is 1.24 bits per heavy atom. The number of amidine groups is 1. The predicted octanol–water partition coefficient (Wildman–Crippen LogP) is 1.56. The molecular weight excluding hydrogens is 214 g/mol. The third kappa shape index (κ3) is 3.45. The number of carbonyl (C=O) groups excluding carboxylic acids is 1. The Balaban J connectivity index is 1.83. The van der Waals surface area contributed by atoms with Crippen molar-refractivity contribution in [2.45, 2.75) is 51.5 Å². The number of aliphatic imine (C=N–C) groups is 1. The van der Waals surface area contributed by atoms with Crippen molar-refractivity contribution in [3.8, 4) is 0 Å². The van der Waals surface area contributed by atoms with Crippen LogP contribution in [0.2, 0.25) is 0 Å². The molecule has 1 saturated heterocycles. The van der Waals surface area contributed by atoms with Crippen molar-refractivity contribution < 1.29 is 4.79 Å².